The van der Waals surface area contributed by atoms with Gasteiger partial charge in [0.2, 0.25) is 5.95 Å². The number of carbonyl (C=O) groups is 1. The third kappa shape index (κ3) is 4.57. The van der Waals surface area contributed by atoms with Gasteiger partial charge in [0.25, 0.3) is 11.5 Å². The molecule has 31 heavy (non-hydrogen) atoms. The Bertz CT molecular complexity index is 1140. The van der Waals surface area contributed by atoms with E-state index in [4.69, 9.17) is 9.84 Å². The summed E-state index contributed by atoms with van der Waals surface area (Å²) in [5.74, 6) is 0.157. The van der Waals surface area contributed by atoms with Gasteiger partial charge < -0.3 is 20.5 Å². The van der Waals surface area contributed by atoms with E-state index in [2.05, 4.69) is 20.6 Å². The molecule has 3 aromatic rings. The Labute approximate surface area is 179 Å². The smallest absolute Gasteiger partial charge is 0.256 e. The zero-order valence-electron chi connectivity index (χ0n) is 17.3. The Balaban J connectivity index is 1.63. The van der Waals surface area contributed by atoms with E-state index in [9.17, 15) is 9.59 Å². The van der Waals surface area contributed by atoms with Crippen LogP contribution in [0.4, 0.5) is 5.95 Å². The van der Waals surface area contributed by atoms with Gasteiger partial charge >= 0.3 is 0 Å². The van der Waals surface area contributed by atoms with Crippen LogP contribution in [0, 0.1) is 6.92 Å². The van der Waals surface area contributed by atoms with Crippen LogP contribution in [0.3, 0.4) is 0 Å². The van der Waals surface area contributed by atoms with Crippen LogP contribution in [-0.2, 0) is 4.74 Å². The van der Waals surface area contributed by atoms with Crippen LogP contribution in [0.25, 0.3) is 16.7 Å². The molecule has 0 bridgehead atoms. The van der Waals surface area contributed by atoms with Crippen LogP contribution in [-0.4, -0.2) is 58.0 Å². The first-order chi connectivity index (χ1) is 15.1. The fourth-order valence-electron chi connectivity index (χ4n) is 3.64. The number of amides is 1. The minimum absolute atomic E-state index is 0.0571. The summed E-state index contributed by atoms with van der Waals surface area (Å²) in [7, 11) is 0. The number of fused-ring (bicyclic) bond motifs is 1. The van der Waals surface area contributed by atoms with Crippen molar-refractivity contribution in [1.82, 2.24) is 19.9 Å². The maximum atomic E-state index is 12.7. The van der Waals surface area contributed by atoms with Gasteiger partial charge in [-0.2, -0.15) is 4.98 Å². The normalized spacial score (nSPS) is 15.9. The topological polar surface area (TPSA) is 118 Å². The Morgan fingerprint density at radius 3 is 2.74 bits per heavy atom. The monoisotopic (exact) mass is 423 g/mol. The minimum Gasteiger partial charge on any atom is -0.395 e. The lowest BCUT2D eigenvalue weighted by Crippen LogP contribution is -2.31. The number of rotatable bonds is 7. The molecule has 1 atom stereocenters. The number of nitrogens with one attached hydrogen (secondary N) is 2. The molecule has 3 N–H and O–H groups in total. The fraction of sp³-hybridized carbons (Fsp3) is 0.364. The molecule has 1 amide bonds. The van der Waals surface area contributed by atoms with Crippen molar-refractivity contribution < 1.29 is 14.6 Å². The number of ether oxygens (including phenoxy) is 1. The lowest BCUT2D eigenvalue weighted by atomic mass is 10.1. The molecule has 3 heterocycles. The maximum absolute atomic E-state index is 12.7. The average Bonchev–Trinajstić information content (AvgIpc) is 3.30. The van der Waals surface area contributed by atoms with Crippen LogP contribution >= 0.6 is 0 Å². The molecule has 1 fully saturated rings. The van der Waals surface area contributed by atoms with E-state index < -0.39 is 0 Å². The minimum atomic E-state index is -0.241. The quantitative estimate of drug-likeness (QED) is 0.526. The SMILES string of the molecule is Cc1nc(NCCO)nc2c1ccc(=O)n2-c1ccc(C(=O)NCC2CCCO2)cc1. The van der Waals surface area contributed by atoms with E-state index in [0.717, 1.165) is 24.8 Å². The molecule has 162 valence electrons. The third-order valence-electron chi connectivity index (χ3n) is 5.24. The maximum Gasteiger partial charge on any atom is 0.256 e. The van der Waals surface area contributed by atoms with E-state index in [0.29, 0.717) is 41.6 Å². The first kappa shape index (κ1) is 21.0. The lowest BCUT2D eigenvalue weighted by Gasteiger charge is -2.13. The summed E-state index contributed by atoms with van der Waals surface area (Å²) in [5.41, 5.74) is 2.03. The number of carbonyl (C=O) groups excluding carboxylic acids is 1. The molecule has 9 nitrogen and oxygen atoms in total. The van der Waals surface area contributed by atoms with E-state index in [1.165, 1.54) is 10.6 Å². The number of hydrogen-bond acceptors (Lipinski definition) is 7. The number of aryl methyl sites for hydroxylation is 1. The lowest BCUT2D eigenvalue weighted by molar-refractivity contribution is 0.0858. The van der Waals surface area contributed by atoms with Gasteiger partial charge in [-0.15, -0.1) is 0 Å². The number of anilines is 1. The van der Waals surface area contributed by atoms with Gasteiger partial charge in [-0.1, -0.05) is 0 Å². The summed E-state index contributed by atoms with van der Waals surface area (Å²) in [6, 6.07) is 9.99. The van der Waals surface area contributed by atoms with E-state index in [1.54, 1.807) is 30.3 Å². The van der Waals surface area contributed by atoms with Crippen molar-refractivity contribution in [2.45, 2.75) is 25.9 Å². The standard InChI is InChI=1S/C22H25N5O4/c1-14-18-8-9-19(29)27(20(18)26-22(25-14)23-10-11-28)16-6-4-15(5-7-16)21(30)24-13-17-3-2-12-31-17/h4-9,17,28H,2-3,10-13H2,1H3,(H,24,30)(H,23,25,26). The third-order valence-corrected chi connectivity index (χ3v) is 5.24. The second-order valence-corrected chi connectivity index (χ2v) is 7.42. The summed E-state index contributed by atoms with van der Waals surface area (Å²) >= 11 is 0. The summed E-state index contributed by atoms with van der Waals surface area (Å²) in [6.45, 7) is 3.32. The molecular weight excluding hydrogens is 398 g/mol. The van der Waals surface area contributed by atoms with E-state index in [1.807, 2.05) is 6.92 Å². The zero-order valence-corrected chi connectivity index (χ0v) is 17.3. The van der Waals surface area contributed by atoms with Crippen LogP contribution in [0.5, 0.6) is 0 Å². The van der Waals surface area contributed by atoms with Gasteiger partial charge in [0.05, 0.1) is 24.1 Å². The molecular formula is C22H25N5O4. The second kappa shape index (κ2) is 9.23. The Morgan fingerprint density at radius 1 is 1.23 bits per heavy atom. The van der Waals surface area contributed by atoms with Gasteiger partial charge in [-0.3, -0.25) is 14.2 Å². The molecule has 1 aliphatic heterocycles. The molecule has 0 aliphatic carbocycles. The Kier molecular flexibility index (Phi) is 6.24. The van der Waals surface area contributed by atoms with Crippen molar-refractivity contribution in [2.24, 2.45) is 0 Å². The molecule has 4 rings (SSSR count). The largest absolute Gasteiger partial charge is 0.395 e. The predicted molar refractivity (Wildman–Crippen MR) is 117 cm³/mol. The summed E-state index contributed by atoms with van der Waals surface area (Å²) < 4.78 is 7.02. The second-order valence-electron chi connectivity index (χ2n) is 7.42. The van der Waals surface area contributed by atoms with Crippen LogP contribution in [0.1, 0.15) is 28.9 Å². The van der Waals surface area contributed by atoms with Crippen LogP contribution in [0.2, 0.25) is 0 Å². The van der Waals surface area contributed by atoms with Gasteiger partial charge in [0.15, 0.2) is 5.65 Å². The molecule has 2 aromatic heterocycles. The highest BCUT2D eigenvalue weighted by molar-refractivity contribution is 5.94. The van der Waals surface area contributed by atoms with Crippen molar-refractivity contribution >= 4 is 22.9 Å². The Morgan fingerprint density at radius 2 is 2.03 bits per heavy atom. The molecule has 0 radical (unpaired) electrons. The molecule has 1 unspecified atom stereocenters. The molecule has 1 aromatic carbocycles. The number of pyridine rings is 1. The van der Waals surface area contributed by atoms with E-state index in [-0.39, 0.29) is 24.2 Å². The van der Waals surface area contributed by atoms with Crippen molar-refractivity contribution in [3.63, 3.8) is 0 Å². The highest BCUT2D eigenvalue weighted by Gasteiger charge is 2.17. The van der Waals surface area contributed by atoms with Crippen LogP contribution in [0.15, 0.2) is 41.2 Å². The molecule has 1 saturated heterocycles. The van der Waals surface area contributed by atoms with Crippen molar-refractivity contribution in [3.05, 3.63) is 58.0 Å². The van der Waals surface area contributed by atoms with Crippen molar-refractivity contribution in [3.8, 4) is 5.69 Å². The number of aromatic nitrogens is 3. The molecule has 0 saturated carbocycles. The number of aliphatic hydroxyl groups excluding tert-OH is 1. The number of nitrogens with zero attached hydrogens (tertiary/aromatic N) is 3. The summed E-state index contributed by atoms with van der Waals surface area (Å²) in [4.78, 5) is 34.0. The first-order valence-corrected chi connectivity index (χ1v) is 10.3. The number of benzene rings is 1. The van der Waals surface area contributed by atoms with Crippen molar-refractivity contribution in [2.75, 3.05) is 31.6 Å². The van der Waals surface area contributed by atoms with Gasteiger partial charge in [0.1, 0.15) is 0 Å². The first-order valence-electron chi connectivity index (χ1n) is 10.3. The van der Waals surface area contributed by atoms with Crippen molar-refractivity contribution in [1.29, 1.82) is 0 Å². The van der Waals surface area contributed by atoms with Gasteiger partial charge in [0, 0.05) is 36.7 Å². The predicted octanol–water partition coefficient (Wildman–Crippen LogP) is 1.40. The molecule has 1 aliphatic rings. The zero-order chi connectivity index (χ0) is 21.8. The van der Waals surface area contributed by atoms with E-state index >= 15 is 0 Å². The van der Waals surface area contributed by atoms with Gasteiger partial charge in [-0.25, -0.2) is 4.98 Å². The summed E-state index contributed by atoms with van der Waals surface area (Å²) in [6.07, 6.45) is 2.06. The molecule has 9 heteroatoms. The highest BCUT2D eigenvalue weighted by atomic mass is 16.5. The van der Waals surface area contributed by atoms with Gasteiger partial charge in [-0.05, 0) is 50.1 Å². The molecule has 0 spiro atoms. The summed E-state index contributed by atoms with van der Waals surface area (Å²) in [5, 5.41) is 15.6. The van der Waals surface area contributed by atoms with Crippen LogP contribution < -0.4 is 16.2 Å². The highest BCUT2D eigenvalue weighted by Crippen LogP contribution is 2.19. The average molecular weight is 423 g/mol. The Hall–Kier alpha value is -3.30. The number of aliphatic hydroxyl groups is 1. The fourth-order valence-corrected chi connectivity index (χ4v) is 3.64. The number of hydrogen-bond donors (Lipinski definition) is 3.